The number of Topliss-reactive ketones (excluding diaryl/α,β-unsaturated/α-hetero) is 1. The molecule has 2 heterocycles. The number of fused-ring (bicyclic) bond motifs is 1. The molecule has 0 saturated heterocycles. The van der Waals surface area contributed by atoms with Crippen molar-refractivity contribution in [3.8, 4) is 0 Å². The van der Waals surface area contributed by atoms with E-state index in [1.54, 1.807) is 26.8 Å². The molecular weight excluding hydrogens is 373 g/mol. The zero-order chi connectivity index (χ0) is 20.9. The van der Waals surface area contributed by atoms with Crippen molar-refractivity contribution in [3.63, 3.8) is 0 Å². The summed E-state index contributed by atoms with van der Waals surface area (Å²) in [7, 11) is 0. The largest absolute Gasteiger partial charge is 0.503 e. The number of aromatic nitrogens is 2. The second kappa shape index (κ2) is 6.55. The smallest absolute Gasteiger partial charge is 0.296 e. The molecule has 6 nitrogen and oxygen atoms in total. The number of anilines is 1. The summed E-state index contributed by atoms with van der Waals surface area (Å²) in [6.45, 7) is 5.14. The number of hydrogen-bond donors (Lipinski definition) is 2. The fourth-order valence-electron chi connectivity index (χ4n) is 3.47. The van der Waals surface area contributed by atoms with Gasteiger partial charge in [-0.3, -0.25) is 14.5 Å². The Bertz CT molecular complexity index is 1120. The Morgan fingerprint density at radius 1 is 1.14 bits per heavy atom. The molecule has 7 heteroatoms. The number of H-pyrrole nitrogens is 1. The van der Waals surface area contributed by atoms with E-state index in [-0.39, 0.29) is 17.3 Å². The van der Waals surface area contributed by atoms with Crippen LogP contribution in [-0.4, -0.2) is 26.8 Å². The van der Waals surface area contributed by atoms with Gasteiger partial charge in [-0.25, -0.2) is 9.37 Å². The molecule has 1 aliphatic rings. The zero-order valence-corrected chi connectivity index (χ0v) is 16.2. The highest BCUT2D eigenvalue weighted by Crippen LogP contribution is 2.42. The maximum absolute atomic E-state index is 13.5. The van der Waals surface area contributed by atoms with Crippen LogP contribution in [-0.2, 0) is 9.59 Å². The van der Waals surface area contributed by atoms with Crippen molar-refractivity contribution in [2.45, 2.75) is 26.8 Å². The third-order valence-electron chi connectivity index (χ3n) is 4.92. The quantitative estimate of drug-likeness (QED) is 0.698. The van der Waals surface area contributed by atoms with E-state index >= 15 is 0 Å². The number of halogens is 1. The van der Waals surface area contributed by atoms with Crippen molar-refractivity contribution in [1.29, 1.82) is 0 Å². The number of carbonyl (C=O) groups excluding carboxylic acids is 2. The average molecular weight is 393 g/mol. The molecule has 148 valence electrons. The van der Waals surface area contributed by atoms with Crippen LogP contribution in [0, 0.1) is 11.2 Å². The van der Waals surface area contributed by atoms with E-state index in [1.165, 1.54) is 29.2 Å². The number of amides is 1. The third kappa shape index (κ3) is 3.08. The first-order valence-electron chi connectivity index (χ1n) is 9.20. The maximum atomic E-state index is 13.5. The van der Waals surface area contributed by atoms with Gasteiger partial charge in [0.25, 0.3) is 5.91 Å². The highest BCUT2D eigenvalue weighted by molar-refractivity contribution is 6.17. The number of para-hydroxylation sites is 2. The minimum atomic E-state index is -0.921. The van der Waals surface area contributed by atoms with Gasteiger partial charge in [0, 0.05) is 5.41 Å². The third-order valence-corrected chi connectivity index (χ3v) is 4.92. The van der Waals surface area contributed by atoms with E-state index < -0.39 is 28.9 Å². The van der Waals surface area contributed by atoms with Gasteiger partial charge >= 0.3 is 0 Å². The molecule has 1 unspecified atom stereocenters. The molecular formula is C22H20FN3O3. The topological polar surface area (TPSA) is 86.3 Å². The van der Waals surface area contributed by atoms with Crippen molar-refractivity contribution in [3.05, 3.63) is 71.2 Å². The Morgan fingerprint density at radius 3 is 2.41 bits per heavy atom. The van der Waals surface area contributed by atoms with E-state index in [4.69, 9.17) is 0 Å². The van der Waals surface area contributed by atoms with Crippen molar-refractivity contribution >= 4 is 28.7 Å². The molecule has 1 aromatic heterocycles. The first kappa shape index (κ1) is 18.9. The maximum Gasteiger partial charge on any atom is 0.296 e. The molecule has 1 atom stereocenters. The predicted molar refractivity (Wildman–Crippen MR) is 107 cm³/mol. The molecule has 2 aromatic carbocycles. The molecule has 3 aromatic rings. The molecule has 4 rings (SSSR count). The van der Waals surface area contributed by atoms with Crippen LogP contribution in [0.2, 0.25) is 0 Å². The zero-order valence-electron chi connectivity index (χ0n) is 16.2. The van der Waals surface area contributed by atoms with E-state index in [9.17, 15) is 19.1 Å². The highest BCUT2D eigenvalue weighted by atomic mass is 19.1. The highest BCUT2D eigenvalue weighted by Gasteiger charge is 2.47. The van der Waals surface area contributed by atoms with Gasteiger partial charge in [-0.05, 0) is 29.8 Å². The van der Waals surface area contributed by atoms with Gasteiger partial charge < -0.3 is 10.1 Å². The minimum absolute atomic E-state index is 0.0189. The summed E-state index contributed by atoms with van der Waals surface area (Å²) in [4.78, 5) is 34.9. The summed E-state index contributed by atoms with van der Waals surface area (Å²) >= 11 is 0. The SMILES string of the molecule is CC(C)(C)C(=O)C1=C(O)C(=O)N(c2nc3ccccc3[nH]2)C1c1ccc(F)cc1. The van der Waals surface area contributed by atoms with Crippen LogP contribution in [0.25, 0.3) is 11.0 Å². The molecule has 0 spiro atoms. The summed E-state index contributed by atoms with van der Waals surface area (Å²) < 4.78 is 13.5. The Morgan fingerprint density at radius 2 is 1.79 bits per heavy atom. The average Bonchev–Trinajstić information content (AvgIpc) is 3.20. The van der Waals surface area contributed by atoms with Crippen LogP contribution in [0.4, 0.5) is 10.3 Å². The van der Waals surface area contributed by atoms with Crippen molar-refractivity contribution < 1.29 is 19.1 Å². The lowest BCUT2D eigenvalue weighted by Gasteiger charge is -2.27. The standard InChI is InChI=1S/C22H20FN3O3/c1-22(2,3)19(28)16-17(12-8-10-13(23)11-9-12)26(20(29)18(16)27)21-24-14-6-4-5-7-15(14)25-21/h4-11,17,27H,1-3H3,(H,24,25). The normalized spacial score (nSPS) is 17.4. The van der Waals surface area contributed by atoms with E-state index in [0.29, 0.717) is 16.6 Å². The van der Waals surface area contributed by atoms with Gasteiger partial charge in [0.1, 0.15) is 5.82 Å². The second-order valence-corrected chi connectivity index (χ2v) is 8.05. The number of carbonyl (C=O) groups is 2. The fourth-order valence-corrected chi connectivity index (χ4v) is 3.47. The summed E-state index contributed by atoms with van der Waals surface area (Å²) in [6, 6.07) is 11.8. The van der Waals surface area contributed by atoms with Crippen LogP contribution in [0.15, 0.2) is 59.9 Å². The summed E-state index contributed by atoms with van der Waals surface area (Å²) in [5, 5.41) is 10.6. The molecule has 2 N–H and O–H groups in total. The number of hydrogen-bond acceptors (Lipinski definition) is 4. The number of aliphatic hydroxyl groups is 1. The number of aliphatic hydroxyl groups excluding tert-OH is 1. The summed E-state index contributed by atoms with van der Waals surface area (Å²) in [6.07, 6.45) is 0. The van der Waals surface area contributed by atoms with Gasteiger partial charge in [-0.1, -0.05) is 45.0 Å². The first-order valence-corrected chi connectivity index (χ1v) is 9.20. The van der Waals surface area contributed by atoms with Crippen molar-refractivity contribution in [1.82, 2.24) is 9.97 Å². The Balaban J connectivity index is 1.91. The van der Waals surface area contributed by atoms with Crippen LogP contribution in [0.1, 0.15) is 32.4 Å². The predicted octanol–water partition coefficient (Wildman–Crippen LogP) is 4.22. The lowest BCUT2D eigenvalue weighted by molar-refractivity contribution is -0.123. The van der Waals surface area contributed by atoms with Crippen LogP contribution in [0.5, 0.6) is 0 Å². The van der Waals surface area contributed by atoms with Crippen LogP contribution < -0.4 is 4.90 Å². The van der Waals surface area contributed by atoms with Gasteiger partial charge in [-0.2, -0.15) is 0 Å². The number of benzene rings is 2. The molecule has 0 aliphatic carbocycles. The molecule has 0 radical (unpaired) electrons. The number of nitrogens with zero attached hydrogens (tertiary/aromatic N) is 2. The second-order valence-electron chi connectivity index (χ2n) is 8.05. The van der Waals surface area contributed by atoms with Crippen LogP contribution in [0.3, 0.4) is 0 Å². The Kier molecular flexibility index (Phi) is 4.26. The number of rotatable bonds is 3. The minimum Gasteiger partial charge on any atom is -0.503 e. The van der Waals surface area contributed by atoms with Gasteiger partial charge in [0.05, 0.1) is 22.6 Å². The van der Waals surface area contributed by atoms with Crippen molar-refractivity contribution in [2.24, 2.45) is 5.41 Å². The molecule has 0 saturated carbocycles. The molecule has 29 heavy (non-hydrogen) atoms. The number of aromatic amines is 1. The van der Waals surface area contributed by atoms with E-state index in [1.807, 2.05) is 18.2 Å². The van der Waals surface area contributed by atoms with Crippen LogP contribution >= 0.6 is 0 Å². The lowest BCUT2D eigenvalue weighted by Crippen LogP contribution is -2.33. The van der Waals surface area contributed by atoms with Gasteiger partial charge in [0.15, 0.2) is 11.5 Å². The number of imidazole rings is 1. The monoisotopic (exact) mass is 393 g/mol. The van der Waals surface area contributed by atoms with Gasteiger partial charge in [-0.15, -0.1) is 0 Å². The molecule has 0 bridgehead atoms. The Labute approximate surface area is 166 Å². The molecule has 1 aliphatic heterocycles. The summed E-state index contributed by atoms with van der Waals surface area (Å²) in [5.74, 6) is -1.94. The van der Waals surface area contributed by atoms with Crippen molar-refractivity contribution in [2.75, 3.05) is 4.90 Å². The Hall–Kier alpha value is -3.48. The fraction of sp³-hybridized carbons (Fsp3) is 0.227. The number of nitrogens with one attached hydrogen (secondary N) is 1. The lowest BCUT2D eigenvalue weighted by atomic mass is 9.82. The molecule has 1 amide bonds. The van der Waals surface area contributed by atoms with Gasteiger partial charge in [0.2, 0.25) is 5.95 Å². The van der Waals surface area contributed by atoms with E-state index in [0.717, 1.165) is 0 Å². The molecule has 0 fully saturated rings. The first-order chi connectivity index (χ1) is 13.7. The summed E-state index contributed by atoms with van der Waals surface area (Å²) in [5.41, 5.74) is 1.00. The number of ketones is 1. The van der Waals surface area contributed by atoms with E-state index in [2.05, 4.69) is 9.97 Å².